The van der Waals surface area contributed by atoms with Gasteiger partial charge in [-0.1, -0.05) is 0 Å². The van der Waals surface area contributed by atoms with E-state index in [0.29, 0.717) is 11.3 Å². The Hall–Kier alpha value is -1.07. The second kappa shape index (κ2) is 4.63. The van der Waals surface area contributed by atoms with Crippen molar-refractivity contribution >= 4 is 23.2 Å². The van der Waals surface area contributed by atoms with Gasteiger partial charge in [-0.2, -0.15) is 11.8 Å². The fourth-order valence-electron chi connectivity index (χ4n) is 1.53. The van der Waals surface area contributed by atoms with Crippen LogP contribution in [0.2, 0.25) is 0 Å². The van der Waals surface area contributed by atoms with Gasteiger partial charge in [0.2, 0.25) is 0 Å². The minimum absolute atomic E-state index is 0.0489. The van der Waals surface area contributed by atoms with Crippen molar-refractivity contribution in [3.63, 3.8) is 0 Å². The Morgan fingerprint density at radius 2 is 2.53 bits per heavy atom. The smallest absolute Gasteiger partial charge is 0.184 e. The largest absolute Gasteiger partial charge is 0.398 e. The van der Waals surface area contributed by atoms with E-state index in [2.05, 4.69) is 10.3 Å². The lowest BCUT2D eigenvalue weighted by Gasteiger charge is -2.22. The van der Waals surface area contributed by atoms with Crippen LogP contribution in [0.4, 0.5) is 5.69 Å². The van der Waals surface area contributed by atoms with E-state index in [9.17, 15) is 4.79 Å². The van der Waals surface area contributed by atoms with E-state index < -0.39 is 0 Å². The van der Waals surface area contributed by atoms with Gasteiger partial charge >= 0.3 is 0 Å². The van der Waals surface area contributed by atoms with Crippen LogP contribution in [0.25, 0.3) is 0 Å². The van der Waals surface area contributed by atoms with Gasteiger partial charge in [-0.3, -0.25) is 9.78 Å². The molecule has 0 radical (unpaired) electrons. The molecule has 2 rings (SSSR count). The summed E-state index contributed by atoms with van der Waals surface area (Å²) in [6.45, 7) is 0.876. The molecule has 1 aromatic heterocycles. The first-order chi connectivity index (χ1) is 7.29. The van der Waals surface area contributed by atoms with Crippen molar-refractivity contribution in [1.29, 1.82) is 0 Å². The first kappa shape index (κ1) is 10.4. The Balaban J connectivity index is 2.16. The van der Waals surface area contributed by atoms with Crippen LogP contribution in [-0.2, 0) is 0 Å². The van der Waals surface area contributed by atoms with Crippen molar-refractivity contribution in [1.82, 2.24) is 10.3 Å². The highest BCUT2D eigenvalue weighted by Crippen LogP contribution is 2.16. The van der Waals surface area contributed by atoms with Crippen LogP contribution in [0.1, 0.15) is 10.4 Å². The van der Waals surface area contributed by atoms with Gasteiger partial charge in [-0.05, 0) is 6.07 Å². The number of ketones is 1. The Labute approximate surface area is 92.6 Å². The average Bonchev–Trinajstić information content (AvgIpc) is 2.30. The third-order valence-electron chi connectivity index (χ3n) is 2.36. The molecule has 4 nitrogen and oxygen atoms in total. The molecule has 0 bridgehead atoms. The number of nitrogens with two attached hydrogens (primary N) is 1. The van der Waals surface area contributed by atoms with E-state index in [1.807, 2.05) is 0 Å². The van der Waals surface area contributed by atoms with Gasteiger partial charge < -0.3 is 11.1 Å². The second-order valence-corrected chi connectivity index (χ2v) is 4.56. The van der Waals surface area contributed by atoms with Gasteiger partial charge in [0.1, 0.15) is 0 Å². The van der Waals surface area contributed by atoms with E-state index in [4.69, 9.17) is 5.73 Å². The van der Waals surface area contributed by atoms with E-state index >= 15 is 0 Å². The molecule has 1 fully saturated rings. The highest BCUT2D eigenvalue weighted by Gasteiger charge is 2.23. The lowest BCUT2D eigenvalue weighted by atomic mass is 10.1. The number of rotatable bonds is 2. The zero-order valence-electron chi connectivity index (χ0n) is 8.27. The standard InChI is InChI=1S/C10H13N3OS/c11-8-1-2-12-5-7(8)10(14)9-6-15-4-3-13-9/h1-2,5,9,13H,3-4,6H2,(H2,11,12). The van der Waals surface area contributed by atoms with E-state index in [0.717, 1.165) is 18.1 Å². The summed E-state index contributed by atoms with van der Waals surface area (Å²) in [5, 5.41) is 3.19. The van der Waals surface area contributed by atoms with Crippen LogP contribution in [0.15, 0.2) is 18.5 Å². The number of Topliss-reactive ketones (excluding diaryl/α,β-unsaturated/α-hetero) is 1. The van der Waals surface area contributed by atoms with Crippen molar-refractivity contribution < 1.29 is 4.79 Å². The molecule has 1 aromatic rings. The number of carbonyl (C=O) groups is 1. The summed E-state index contributed by atoms with van der Waals surface area (Å²) in [6, 6.07) is 1.54. The number of nitrogen functional groups attached to an aromatic ring is 1. The van der Waals surface area contributed by atoms with Crippen molar-refractivity contribution in [2.45, 2.75) is 6.04 Å². The Kier molecular flexibility index (Phi) is 3.23. The molecule has 0 saturated carbocycles. The summed E-state index contributed by atoms with van der Waals surface area (Å²) in [5.41, 5.74) is 6.77. The molecular formula is C10H13N3OS. The first-order valence-electron chi connectivity index (χ1n) is 4.84. The number of nitrogens with zero attached hydrogens (tertiary/aromatic N) is 1. The van der Waals surface area contributed by atoms with E-state index in [1.165, 1.54) is 0 Å². The molecule has 0 aliphatic carbocycles. The van der Waals surface area contributed by atoms with Crippen LogP contribution in [-0.4, -0.2) is 34.9 Å². The summed E-state index contributed by atoms with van der Waals surface area (Å²) >= 11 is 1.79. The van der Waals surface area contributed by atoms with E-state index in [-0.39, 0.29) is 11.8 Å². The van der Waals surface area contributed by atoms with Crippen molar-refractivity contribution in [3.8, 4) is 0 Å². The molecule has 2 heterocycles. The normalized spacial score (nSPS) is 21.2. The molecule has 3 N–H and O–H groups in total. The van der Waals surface area contributed by atoms with Crippen LogP contribution in [0, 0.1) is 0 Å². The van der Waals surface area contributed by atoms with Gasteiger partial charge in [-0.25, -0.2) is 0 Å². The number of aromatic nitrogens is 1. The lowest BCUT2D eigenvalue weighted by molar-refractivity contribution is 0.0953. The fraction of sp³-hybridized carbons (Fsp3) is 0.400. The highest BCUT2D eigenvalue weighted by molar-refractivity contribution is 7.99. The van der Waals surface area contributed by atoms with Crippen molar-refractivity contribution in [3.05, 3.63) is 24.0 Å². The predicted octanol–water partition coefficient (Wildman–Crippen LogP) is 0.551. The number of pyridine rings is 1. The molecule has 5 heteroatoms. The monoisotopic (exact) mass is 223 g/mol. The Morgan fingerprint density at radius 3 is 3.20 bits per heavy atom. The molecule has 0 aromatic carbocycles. The minimum atomic E-state index is -0.116. The van der Waals surface area contributed by atoms with Crippen molar-refractivity contribution in [2.24, 2.45) is 0 Å². The van der Waals surface area contributed by atoms with Crippen LogP contribution >= 0.6 is 11.8 Å². The number of hydrogen-bond acceptors (Lipinski definition) is 5. The van der Waals surface area contributed by atoms with Crippen molar-refractivity contribution in [2.75, 3.05) is 23.8 Å². The molecule has 0 spiro atoms. The zero-order chi connectivity index (χ0) is 10.7. The third-order valence-corrected chi connectivity index (χ3v) is 3.42. The highest BCUT2D eigenvalue weighted by atomic mass is 32.2. The number of thioether (sulfide) groups is 1. The second-order valence-electron chi connectivity index (χ2n) is 3.41. The number of anilines is 1. The number of hydrogen-bond donors (Lipinski definition) is 2. The lowest BCUT2D eigenvalue weighted by Crippen LogP contribution is -2.43. The molecule has 80 valence electrons. The summed E-state index contributed by atoms with van der Waals surface area (Å²) < 4.78 is 0. The minimum Gasteiger partial charge on any atom is -0.398 e. The first-order valence-corrected chi connectivity index (χ1v) is 5.99. The van der Waals surface area contributed by atoms with Crippen LogP contribution < -0.4 is 11.1 Å². The SMILES string of the molecule is Nc1ccncc1C(=O)C1CSCCN1. The third kappa shape index (κ3) is 2.30. The summed E-state index contributed by atoms with van der Waals surface area (Å²) in [4.78, 5) is 16.0. The average molecular weight is 223 g/mol. The molecule has 1 saturated heterocycles. The van der Waals surface area contributed by atoms with Gasteiger partial charge in [0, 0.05) is 36.1 Å². The molecule has 0 amide bonds. The maximum absolute atomic E-state index is 12.0. The van der Waals surface area contributed by atoms with Gasteiger partial charge in [0.05, 0.1) is 11.6 Å². The molecule has 1 aliphatic heterocycles. The molecule has 1 unspecified atom stereocenters. The Bertz CT molecular complexity index is 363. The van der Waals surface area contributed by atoms with Gasteiger partial charge in [0.15, 0.2) is 5.78 Å². The topological polar surface area (TPSA) is 68.0 Å². The maximum Gasteiger partial charge on any atom is 0.184 e. The molecular weight excluding hydrogens is 210 g/mol. The fourth-order valence-corrected chi connectivity index (χ4v) is 2.47. The van der Waals surface area contributed by atoms with E-state index in [1.54, 1.807) is 30.2 Å². The summed E-state index contributed by atoms with van der Waals surface area (Å²) in [6.07, 6.45) is 3.13. The summed E-state index contributed by atoms with van der Waals surface area (Å²) in [7, 11) is 0. The molecule has 1 aliphatic rings. The molecule has 15 heavy (non-hydrogen) atoms. The van der Waals surface area contributed by atoms with Gasteiger partial charge in [0.25, 0.3) is 0 Å². The van der Waals surface area contributed by atoms with Gasteiger partial charge in [-0.15, -0.1) is 0 Å². The Morgan fingerprint density at radius 1 is 1.67 bits per heavy atom. The zero-order valence-corrected chi connectivity index (χ0v) is 9.09. The number of nitrogens with one attached hydrogen (secondary N) is 1. The van der Waals surface area contributed by atoms with Crippen LogP contribution in [0.3, 0.4) is 0 Å². The predicted molar refractivity (Wildman–Crippen MR) is 62.1 cm³/mol. The quantitative estimate of drug-likeness (QED) is 0.717. The maximum atomic E-state index is 12.0. The van der Waals surface area contributed by atoms with Crippen LogP contribution in [0.5, 0.6) is 0 Å². The summed E-state index contributed by atoms with van der Waals surface area (Å²) in [5.74, 6) is 1.92. The number of carbonyl (C=O) groups excluding carboxylic acids is 1. The molecule has 1 atom stereocenters.